The zero-order valence-electron chi connectivity index (χ0n) is 14.4. The molecular formula is C23H16BrNO2. The Labute approximate surface area is 166 Å². The molecule has 3 aromatic carbocycles. The van der Waals surface area contributed by atoms with Gasteiger partial charge in [-0.3, -0.25) is 9.59 Å². The van der Waals surface area contributed by atoms with Crippen molar-refractivity contribution in [3.8, 4) is 0 Å². The van der Waals surface area contributed by atoms with Crippen LogP contribution in [0.3, 0.4) is 0 Å². The van der Waals surface area contributed by atoms with E-state index in [0.29, 0.717) is 17.7 Å². The molecule has 0 aliphatic carbocycles. The number of carbonyl (C=O) groups is 2. The zero-order valence-corrected chi connectivity index (χ0v) is 16.0. The normalized spacial score (nSPS) is 14.5. The van der Waals surface area contributed by atoms with Crippen LogP contribution < -0.4 is 4.90 Å². The number of ketones is 1. The van der Waals surface area contributed by atoms with E-state index in [4.69, 9.17) is 0 Å². The monoisotopic (exact) mass is 417 g/mol. The average molecular weight is 418 g/mol. The van der Waals surface area contributed by atoms with E-state index in [2.05, 4.69) is 15.9 Å². The van der Waals surface area contributed by atoms with Crippen LogP contribution in [0.1, 0.15) is 21.5 Å². The molecule has 27 heavy (non-hydrogen) atoms. The number of hydrogen-bond acceptors (Lipinski definition) is 2. The Morgan fingerprint density at radius 1 is 0.926 bits per heavy atom. The predicted octanol–water partition coefficient (Wildman–Crippen LogP) is 5.26. The second-order valence-electron chi connectivity index (χ2n) is 6.33. The topological polar surface area (TPSA) is 37.4 Å². The Bertz CT molecular complexity index is 1040. The SMILES string of the molecule is O=C(/C=C1/C(=O)N(Cc2ccccc2)c2ccc(Br)cc21)c1ccccc1. The Hall–Kier alpha value is -2.98. The van der Waals surface area contributed by atoms with E-state index in [1.54, 1.807) is 17.0 Å². The van der Waals surface area contributed by atoms with Gasteiger partial charge in [0.2, 0.25) is 0 Å². The summed E-state index contributed by atoms with van der Waals surface area (Å²) >= 11 is 3.47. The molecule has 4 heteroatoms. The van der Waals surface area contributed by atoms with Gasteiger partial charge in [0.25, 0.3) is 5.91 Å². The molecule has 0 radical (unpaired) electrons. The summed E-state index contributed by atoms with van der Waals surface area (Å²) in [6, 6.07) is 24.5. The second kappa shape index (κ2) is 7.33. The molecule has 1 aliphatic rings. The van der Waals surface area contributed by atoms with Crippen molar-refractivity contribution >= 4 is 38.9 Å². The minimum atomic E-state index is -0.175. The molecule has 4 rings (SSSR count). The first kappa shape index (κ1) is 17.4. The van der Waals surface area contributed by atoms with E-state index in [1.807, 2.05) is 66.7 Å². The smallest absolute Gasteiger partial charge is 0.259 e. The number of halogens is 1. The summed E-state index contributed by atoms with van der Waals surface area (Å²) in [5.41, 5.74) is 3.62. The first-order valence-corrected chi connectivity index (χ1v) is 9.39. The van der Waals surface area contributed by atoms with Gasteiger partial charge >= 0.3 is 0 Å². The van der Waals surface area contributed by atoms with Gasteiger partial charge < -0.3 is 4.90 Å². The van der Waals surface area contributed by atoms with E-state index in [9.17, 15) is 9.59 Å². The predicted molar refractivity (Wildman–Crippen MR) is 111 cm³/mol. The lowest BCUT2D eigenvalue weighted by Gasteiger charge is -2.17. The largest absolute Gasteiger partial charge is 0.303 e. The van der Waals surface area contributed by atoms with Crippen LogP contribution in [0.4, 0.5) is 5.69 Å². The van der Waals surface area contributed by atoms with Gasteiger partial charge in [0.1, 0.15) is 0 Å². The number of amides is 1. The van der Waals surface area contributed by atoms with Crippen molar-refractivity contribution in [2.75, 3.05) is 4.90 Å². The van der Waals surface area contributed by atoms with Crippen LogP contribution in [-0.4, -0.2) is 11.7 Å². The third-order valence-electron chi connectivity index (χ3n) is 4.53. The van der Waals surface area contributed by atoms with Crippen molar-refractivity contribution < 1.29 is 9.59 Å². The van der Waals surface area contributed by atoms with Gasteiger partial charge in [0.15, 0.2) is 5.78 Å². The van der Waals surface area contributed by atoms with Crippen LogP contribution in [0.25, 0.3) is 5.57 Å². The highest BCUT2D eigenvalue weighted by molar-refractivity contribution is 9.10. The van der Waals surface area contributed by atoms with Crippen LogP contribution in [0.2, 0.25) is 0 Å². The fourth-order valence-corrected chi connectivity index (χ4v) is 3.57. The first-order valence-electron chi connectivity index (χ1n) is 8.60. The molecule has 0 unspecified atom stereocenters. The number of allylic oxidation sites excluding steroid dienone is 1. The fourth-order valence-electron chi connectivity index (χ4n) is 3.21. The average Bonchev–Trinajstić information content (AvgIpc) is 2.94. The molecule has 0 atom stereocenters. The highest BCUT2D eigenvalue weighted by atomic mass is 79.9. The summed E-state index contributed by atoms with van der Waals surface area (Å²) in [6.07, 6.45) is 1.45. The minimum Gasteiger partial charge on any atom is -0.303 e. The third kappa shape index (κ3) is 3.49. The second-order valence-corrected chi connectivity index (χ2v) is 7.24. The van der Waals surface area contributed by atoms with Crippen molar-refractivity contribution in [3.63, 3.8) is 0 Å². The van der Waals surface area contributed by atoms with E-state index < -0.39 is 0 Å². The van der Waals surface area contributed by atoms with E-state index in [1.165, 1.54) is 6.08 Å². The van der Waals surface area contributed by atoms with Gasteiger partial charge in [-0.2, -0.15) is 0 Å². The maximum absolute atomic E-state index is 13.1. The summed E-state index contributed by atoms with van der Waals surface area (Å²) in [7, 11) is 0. The quantitative estimate of drug-likeness (QED) is 0.428. The lowest BCUT2D eigenvalue weighted by atomic mass is 10.0. The molecule has 0 aromatic heterocycles. The Morgan fingerprint density at radius 2 is 1.59 bits per heavy atom. The van der Waals surface area contributed by atoms with E-state index in [0.717, 1.165) is 21.3 Å². The number of fused-ring (bicyclic) bond motifs is 1. The Kier molecular flexibility index (Phi) is 4.73. The van der Waals surface area contributed by atoms with Crippen molar-refractivity contribution in [1.29, 1.82) is 0 Å². The maximum Gasteiger partial charge on any atom is 0.259 e. The van der Waals surface area contributed by atoms with Gasteiger partial charge in [-0.15, -0.1) is 0 Å². The molecule has 0 N–H and O–H groups in total. The molecule has 1 amide bonds. The summed E-state index contributed by atoms with van der Waals surface area (Å²) in [5.74, 6) is -0.331. The van der Waals surface area contributed by atoms with Crippen LogP contribution in [-0.2, 0) is 11.3 Å². The van der Waals surface area contributed by atoms with Gasteiger partial charge in [0.05, 0.1) is 17.8 Å². The number of nitrogens with zero attached hydrogens (tertiary/aromatic N) is 1. The van der Waals surface area contributed by atoms with Crippen LogP contribution in [0, 0.1) is 0 Å². The van der Waals surface area contributed by atoms with Crippen LogP contribution >= 0.6 is 15.9 Å². The summed E-state index contributed by atoms with van der Waals surface area (Å²) < 4.78 is 0.869. The van der Waals surface area contributed by atoms with Gasteiger partial charge in [-0.1, -0.05) is 76.6 Å². The highest BCUT2D eigenvalue weighted by Crippen LogP contribution is 2.39. The maximum atomic E-state index is 13.1. The molecule has 3 aromatic rings. The molecule has 0 saturated carbocycles. The van der Waals surface area contributed by atoms with Crippen molar-refractivity contribution in [3.05, 3.63) is 106 Å². The Balaban J connectivity index is 1.75. The third-order valence-corrected chi connectivity index (χ3v) is 5.03. The van der Waals surface area contributed by atoms with E-state index in [-0.39, 0.29) is 11.7 Å². The summed E-state index contributed by atoms with van der Waals surface area (Å²) in [5, 5.41) is 0. The van der Waals surface area contributed by atoms with Crippen molar-refractivity contribution in [2.45, 2.75) is 6.54 Å². The molecular weight excluding hydrogens is 402 g/mol. The number of rotatable bonds is 4. The Morgan fingerprint density at radius 3 is 2.30 bits per heavy atom. The molecule has 1 heterocycles. The van der Waals surface area contributed by atoms with Crippen LogP contribution in [0.15, 0.2) is 89.4 Å². The van der Waals surface area contributed by atoms with Crippen LogP contribution in [0.5, 0.6) is 0 Å². The standard InChI is InChI=1S/C23H16BrNO2/c24-18-11-12-21-19(13-18)20(14-22(26)17-9-5-2-6-10-17)23(27)25(21)15-16-7-3-1-4-8-16/h1-14H,15H2/b20-14+. The number of benzene rings is 3. The number of anilines is 1. The summed E-state index contributed by atoms with van der Waals surface area (Å²) in [6.45, 7) is 0.463. The fraction of sp³-hybridized carbons (Fsp3) is 0.0435. The van der Waals surface area contributed by atoms with Crippen molar-refractivity contribution in [1.82, 2.24) is 0 Å². The van der Waals surface area contributed by atoms with Gasteiger partial charge in [-0.25, -0.2) is 0 Å². The molecule has 1 aliphatic heterocycles. The lowest BCUT2D eigenvalue weighted by Crippen LogP contribution is -2.25. The van der Waals surface area contributed by atoms with Gasteiger partial charge in [-0.05, 0) is 29.8 Å². The molecule has 3 nitrogen and oxygen atoms in total. The molecule has 0 bridgehead atoms. The van der Waals surface area contributed by atoms with E-state index >= 15 is 0 Å². The number of hydrogen-bond donors (Lipinski definition) is 0. The lowest BCUT2D eigenvalue weighted by molar-refractivity contribution is -0.113. The highest BCUT2D eigenvalue weighted by Gasteiger charge is 2.33. The molecule has 0 saturated heterocycles. The molecule has 0 spiro atoms. The van der Waals surface area contributed by atoms with Gasteiger partial charge in [0, 0.05) is 15.6 Å². The molecule has 132 valence electrons. The van der Waals surface area contributed by atoms with Crippen molar-refractivity contribution in [2.24, 2.45) is 0 Å². The minimum absolute atomic E-state index is 0.156. The zero-order chi connectivity index (χ0) is 18.8. The summed E-state index contributed by atoms with van der Waals surface area (Å²) in [4.78, 5) is 27.5. The molecule has 0 fully saturated rings. The first-order chi connectivity index (χ1) is 13.1. The number of carbonyl (C=O) groups excluding carboxylic acids is 2.